The number of hydrogen-bond acceptors (Lipinski definition) is 3. The van der Waals surface area contributed by atoms with Gasteiger partial charge in [-0.1, -0.05) is 6.07 Å². The highest BCUT2D eigenvalue weighted by molar-refractivity contribution is 9.10. The standard InChI is InChI=1S/C9H6BrF3O3/c1-15-8(14)5-3-2-4-6(10)7(5)16-9(11,12)13/h2-4H,1H3. The summed E-state index contributed by atoms with van der Waals surface area (Å²) in [6, 6.07) is 3.91. The number of carbonyl (C=O) groups is 1. The number of methoxy groups -OCH3 is 1. The van der Waals surface area contributed by atoms with Gasteiger partial charge in [0.25, 0.3) is 0 Å². The third-order valence-corrected chi connectivity index (χ3v) is 2.21. The van der Waals surface area contributed by atoms with E-state index in [1.54, 1.807) is 0 Å². The van der Waals surface area contributed by atoms with E-state index in [0.717, 1.165) is 7.11 Å². The first kappa shape index (κ1) is 12.8. The van der Waals surface area contributed by atoms with Crippen LogP contribution in [0.1, 0.15) is 10.4 Å². The molecule has 0 spiro atoms. The first-order valence-electron chi connectivity index (χ1n) is 3.97. The molecule has 1 aromatic carbocycles. The molecule has 7 heteroatoms. The lowest BCUT2D eigenvalue weighted by Gasteiger charge is -2.13. The average molecular weight is 299 g/mol. The number of carbonyl (C=O) groups excluding carboxylic acids is 1. The molecule has 1 aromatic rings. The number of halogens is 4. The van der Waals surface area contributed by atoms with Gasteiger partial charge in [-0.3, -0.25) is 0 Å². The van der Waals surface area contributed by atoms with E-state index in [9.17, 15) is 18.0 Å². The van der Waals surface area contributed by atoms with Gasteiger partial charge >= 0.3 is 12.3 Å². The zero-order chi connectivity index (χ0) is 12.3. The van der Waals surface area contributed by atoms with Crippen LogP contribution in [0.2, 0.25) is 0 Å². The molecule has 88 valence electrons. The van der Waals surface area contributed by atoms with Crippen LogP contribution in [0.5, 0.6) is 5.75 Å². The van der Waals surface area contributed by atoms with Crippen molar-refractivity contribution >= 4 is 21.9 Å². The molecule has 16 heavy (non-hydrogen) atoms. The van der Waals surface area contributed by atoms with Crippen LogP contribution in [-0.2, 0) is 4.74 Å². The Hall–Kier alpha value is -1.24. The molecule has 3 nitrogen and oxygen atoms in total. The van der Waals surface area contributed by atoms with Gasteiger partial charge in [-0.15, -0.1) is 13.2 Å². The Morgan fingerprint density at radius 3 is 2.50 bits per heavy atom. The fraction of sp³-hybridized carbons (Fsp3) is 0.222. The Kier molecular flexibility index (Phi) is 3.79. The maximum atomic E-state index is 12.1. The SMILES string of the molecule is COC(=O)c1cccc(Br)c1OC(F)(F)F. The number of benzene rings is 1. The molecule has 0 unspecified atom stereocenters. The largest absolute Gasteiger partial charge is 0.573 e. The van der Waals surface area contributed by atoms with Crippen LogP contribution in [0.4, 0.5) is 13.2 Å². The number of esters is 1. The van der Waals surface area contributed by atoms with E-state index in [4.69, 9.17) is 0 Å². The molecule has 0 bridgehead atoms. The van der Waals surface area contributed by atoms with Crippen LogP contribution in [0.25, 0.3) is 0 Å². The number of para-hydroxylation sites is 1. The number of hydrogen-bond donors (Lipinski definition) is 0. The summed E-state index contributed by atoms with van der Waals surface area (Å²) in [6.07, 6.45) is -4.87. The van der Waals surface area contributed by atoms with Crippen molar-refractivity contribution in [3.05, 3.63) is 28.2 Å². The molecular formula is C9H6BrF3O3. The highest BCUT2D eigenvalue weighted by atomic mass is 79.9. The molecular weight excluding hydrogens is 293 g/mol. The molecule has 0 aliphatic heterocycles. The summed E-state index contributed by atoms with van der Waals surface area (Å²) in [6.45, 7) is 0. The van der Waals surface area contributed by atoms with E-state index in [-0.39, 0.29) is 10.0 Å². The maximum Gasteiger partial charge on any atom is 0.573 e. The van der Waals surface area contributed by atoms with Crippen LogP contribution in [0, 0.1) is 0 Å². The van der Waals surface area contributed by atoms with E-state index in [1.165, 1.54) is 18.2 Å². The summed E-state index contributed by atoms with van der Waals surface area (Å²) in [5.41, 5.74) is -0.297. The Morgan fingerprint density at radius 1 is 1.38 bits per heavy atom. The molecule has 0 aliphatic carbocycles. The first-order chi connectivity index (χ1) is 7.35. The summed E-state index contributed by atoms with van der Waals surface area (Å²) in [7, 11) is 1.07. The lowest BCUT2D eigenvalue weighted by molar-refractivity contribution is -0.275. The highest BCUT2D eigenvalue weighted by Gasteiger charge is 2.34. The third-order valence-electron chi connectivity index (χ3n) is 1.59. The van der Waals surface area contributed by atoms with Crippen molar-refractivity contribution in [2.24, 2.45) is 0 Å². The minimum atomic E-state index is -4.87. The van der Waals surface area contributed by atoms with Crippen LogP contribution in [0.3, 0.4) is 0 Å². The number of ether oxygens (including phenoxy) is 2. The van der Waals surface area contributed by atoms with Crippen molar-refractivity contribution in [2.75, 3.05) is 7.11 Å². The normalized spacial score (nSPS) is 11.1. The van der Waals surface area contributed by atoms with E-state index in [2.05, 4.69) is 25.4 Å². The molecule has 0 saturated carbocycles. The van der Waals surface area contributed by atoms with E-state index in [0.29, 0.717) is 0 Å². The molecule has 0 fully saturated rings. The van der Waals surface area contributed by atoms with Gasteiger partial charge in [-0.05, 0) is 28.1 Å². The second-order valence-corrected chi connectivity index (χ2v) is 3.51. The van der Waals surface area contributed by atoms with Gasteiger partial charge in [0.2, 0.25) is 0 Å². The second kappa shape index (κ2) is 4.73. The molecule has 0 heterocycles. The lowest BCUT2D eigenvalue weighted by Crippen LogP contribution is -2.19. The van der Waals surface area contributed by atoms with E-state index in [1.807, 2.05) is 0 Å². The van der Waals surface area contributed by atoms with Crippen molar-refractivity contribution in [2.45, 2.75) is 6.36 Å². The van der Waals surface area contributed by atoms with Crippen LogP contribution >= 0.6 is 15.9 Å². The van der Waals surface area contributed by atoms with Crippen molar-refractivity contribution in [3.63, 3.8) is 0 Å². The lowest BCUT2D eigenvalue weighted by atomic mass is 10.2. The minimum Gasteiger partial charge on any atom is -0.465 e. The van der Waals surface area contributed by atoms with E-state index < -0.39 is 18.1 Å². The topological polar surface area (TPSA) is 35.5 Å². The Bertz CT molecular complexity index is 403. The molecule has 0 aromatic heterocycles. The van der Waals surface area contributed by atoms with Gasteiger partial charge in [0.15, 0.2) is 5.75 Å². The zero-order valence-electron chi connectivity index (χ0n) is 7.97. The van der Waals surface area contributed by atoms with Gasteiger partial charge in [-0.2, -0.15) is 0 Å². The van der Waals surface area contributed by atoms with Crippen molar-refractivity contribution in [1.29, 1.82) is 0 Å². The fourth-order valence-corrected chi connectivity index (χ4v) is 1.45. The third kappa shape index (κ3) is 3.13. The van der Waals surface area contributed by atoms with Crippen molar-refractivity contribution < 1.29 is 27.4 Å². The summed E-state index contributed by atoms with van der Waals surface area (Å²) in [5.74, 6) is -1.51. The average Bonchev–Trinajstić information content (AvgIpc) is 2.18. The van der Waals surface area contributed by atoms with Crippen molar-refractivity contribution in [3.8, 4) is 5.75 Å². The minimum absolute atomic E-state index is 0.0210. The Labute approximate surface area is 97.3 Å². The summed E-state index contributed by atoms with van der Waals surface area (Å²) in [4.78, 5) is 11.2. The van der Waals surface area contributed by atoms with Gasteiger partial charge in [0.1, 0.15) is 5.56 Å². The van der Waals surface area contributed by atoms with Crippen LogP contribution < -0.4 is 4.74 Å². The summed E-state index contributed by atoms with van der Waals surface area (Å²) >= 11 is 2.86. The zero-order valence-corrected chi connectivity index (χ0v) is 9.55. The van der Waals surface area contributed by atoms with Gasteiger partial charge in [0, 0.05) is 0 Å². The Balaban J connectivity index is 3.19. The molecule has 0 radical (unpaired) electrons. The monoisotopic (exact) mass is 298 g/mol. The predicted octanol–water partition coefficient (Wildman–Crippen LogP) is 3.13. The Morgan fingerprint density at radius 2 is 2.00 bits per heavy atom. The number of rotatable bonds is 2. The van der Waals surface area contributed by atoms with Crippen molar-refractivity contribution in [1.82, 2.24) is 0 Å². The number of alkyl halides is 3. The highest BCUT2D eigenvalue weighted by Crippen LogP contribution is 2.33. The van der Waals surface area contributed by atoms with E-state index >= 15 is 0 Å². The maximum absolute atomic E-state index is 12.1. The fourth-order valence-electron chi connectivity index (χ4n) is 0.999. The quantitative estimate of drug-likeness (QED) is 0.787. The van der Waals surface area contributed by atoms with Crippen LogP contribution in [-0.4, -0.2) is 19.4 Å². The summed E-state index contributed by atoms with van der Waals surface area (Å²) in [5, 5.41) is 0. The second-order valence-electron chi connectivity index (χ2n) is 2.66. The molecule has 0 saturated heterocycles. The predicted molar refractivity (Wildman–Crippen MR) is 52.2 cm³/mol. The van der Waals surface area contributed by atoms with Gasteiger partial charge in [0.05, 0.1) is 11.6 Å². The first-order valence-corrected chi connectivity index (χ1v) is 4.77. The molecule has 1 rings (SSSR count). The molecule has 0 N–H and O–H groups in total. The molecule has 0 aliphatic rings. The summed E-state index contributed by atoms with van der Waals surface area (Å²) < 4.78 is 44.3. The van der Waals surface area contributed by atoms with Gasteiger partial charge < -0.3 is 9.47 Å². The van der Waals surface area contributed by atoms with Gasteiger partial charge in [-0.25, -0.2) is 4.79 Å². The smallest absolute Gasteiger partial charge is 0.465 e. The van der Waals surface area contributed by atoms with Crippen LogP contribution in [0.15, 0.2) is 22.7 Å². The molecule has 0 amide bonds. The molecule has 0 atom stereocenters.